The van der Waals surface area contributed by atoms with Crippen LogP contribution in [0.3, 0.4) is 0 Å². The van der Waals surface area contributed by atoms with E-state index in [0.717, 1.165) is 38.8 Å². The first-order chi connectivity index (χ1) is 11.1. The molecule has 3 aliphatic heterocycles. The topological polar surface area (TPSA) is 66.9 Å². The standard InChI is InChI=1S/C17H18N2O4/c20-14-12-5-1-2-6-13(12)15(21)19(14)23-16(22)17-7-3-9-18(11-17)10-4-8-17/h1-2,5-6H,3-4,7-11H2. The van der Waals surface area contributed by atoms with Crippen LogP contribution in [0.15, 0.2) is 24.3 Å². The Morgan fingerprint density at radius 1 is 1.00 bits per heavy atom. The predicted octanol–water partition coefficient (Wildman–Crippen LogP) is 1.62. The first-order valence-electron chi connectivity index (χ1n) is 8.03. The van der Waals surface area contributed by atoms with Crippen LogP contribution in [0.5, 0.6) is 0 Å². The molecule has 4 rings (SSSR count). The molecule has 2 fully saturated rings. The van der Waals surface area contributed by atoms with Crippen molar-refractivity contribution < 1.29 is 19.2 Å². The molecule has 0 saturated carbocycles. The van der Waals surface area contributed by atoms with Crippen LogP contribution in [-0.4, -0.2) is 47.4 Å². The van der Waals surface area contributed by atoms with Crippen molar-refractivity contribution in [2.45, 2.75) is 25.7 Å². The highest BCUT2D eigenvalue weighted by atomic mass is 16.7. The van der Waals surface area contributed by atoms with Crippen molar-refractivity contribution in [1.82, 2.24) is 9.96 Å². The van der Waals surface area contributed by atoms with E-state index in [0.29, 0.717) is 11.6 Å². The highest BCUT2D eigenvalue weighted by molar-refractivity contribution is 6.20. The molecular weight excluding hydrogens is 296 g/mol. The third-order valence-electron chi connectivity index (χ3n) is 5.15. The van der Waals surface area contributed by atoms with Gasteiger partial charge in [0.15, 0.2) is 0 Å². The SMILES string of the molecule is O=C1c2ccccc2C(=O)N1OC(=O)C12CCCN(CCC1)C2. The molecule has 1 aromatic rings. The third kappa shape index (κ3) is 2.16. The summed E-state index contributed by atoms with van der Waals surface area (Å²) in [5.74, 6) is -1.56. The van der Waals surface area contributed by atoms with E-state index in [4.69, 9.17) is 4.84 Å². The van der Waals surface area contributed by atoms with Crippen molar-refractivity contribution in [2.24, 2.45) is 5.41 Å². The molecule has 0 atom stereocenters. The van der Waals surface area contributed by atoms with Crippen LogP contribution in [0, 0.1) is 5.41 Å². The summed E-state index contributed by atoms with van der Waals surface area (Å²) >= 11 is 0. The largest absolute Gasteiger partial charge is 0.340 e. The van der Waals surface area contributed by atoms with Crippen LogP contribution in [0.2, 0.25) is 0 Å². The van der Waals surface area contributed by atoms with Crippen LogP contribution < -0.4 is 0 Å². The van der Waals surface area contributed by atoms with Crippen molar-refractivity contribution in [1.29, 1.82) is 0 Å². The lowest BCUT2D eigenvalue weighted by atomic mass is 9.74. The van der Waals surface area contributed by atoms with Crippen molar-refractivity contribution in [3.05, 3.63) is 35.4 Å². The van der Waals surface area contributed by atoms with Crippen molar-refractivity contribution in [2.75, 3.05) is 19.6 Å². The van der Waals surface area contributed by atoms with Crippen LogP contribution in [0.4, 0.5) is 0 Å². The normalized spacial score (nSPS) is 29.4. The van der Waals surface area contributed by atoms with E-state index in [1.54, 1.807) is 24.3 Å². The van der Waals surface area contributed by atoms with Crippen LogP contribution in [-0.2, 0) is 9.63 Å². The van der Waals surface area contributed by atoms with Gasteiger partial charge < -0.3 is 9.74 Å². The number of fused-ring (bicyclic) bond motifs is 3. The number of hydrogen-bond donors (Lipinski definition) is 0. The number of carbonyl (C=O) groups excluding carboxylic acids is 3. The number of hydrogen-bond acceptors (Lipinski definition) is 5. The minimum atomic E-state index is -0.578. The number of hydroxylamine groups is 2. The molecule has 0 unspecified atom stereocenters. The smallest absolute Gasteiger partial charge is 0.329 e. The predicted molar refractivity (Wildman–Crippen MR) is 80.4 cm³/mol. The minimum Gasteiger partial charge on any atom is -0.329 e. The molecule has 0 spiro atoms. The van der Waals surface area contributed by atoms with Gasteiger partial charge in [0, 0.05) is 6.54 Å². The zero-order chi connectivity index (χ0) is 16.0. The number of imide groups is 1. The fourth-order valence-corrected chi connectivity index (χ4v) is 3.96. The van der Waals surface area contributed by atoms with E-state index in [1.165, 1.54) is 0 Å². The maximum Gasteiger partial charge on any atom is 0.340 e. The van der Waals surface area contributed by atoms with Crippen molar-refractivity contribution >= 4 is 17.8 Å². The molecule has 3 heterocycles. The molecule has 0 aromatic heterocycles. The third-order valence-corrected chi connectivity index (χ3v) is 5.15. The summed E-state index contributed by atoms with van der Waals surface area (Å²) in [6.45, 7) is 2.67. The van der Waals surface area contributed by atoms with Gasteiger partial charge in [-0.1, -0.05) is 17.2 Å². The molecule has 0 aliphatic carbocycles. The molecule has 120 valence electrons. The summed E-state index contributed by atoms with van der Waals surface area (Å²) in [7, 11) is 0. The number of carbonyl (C=O) groups is 3. The van der Waals surface area contributed by atoms with Crippen molar-refractivity contribution in [3.63, 3.8) is 0 Å². The Bertz CT molecular complexity index is 655. The van der Waals surface area contributed by atoms with Gasteiger partial charge in [0.2, 0.25) is 0 Å². The number of nitrogens with zero attached hydrogens (tertiary/aromatic N) is 2. The second-order valence-electron chi connectivity index (χ2n) is 6.59. The summed E-state index contributed by atoms with van der Waals surface area (Å²) in [4.78, 5) is 44.9. The molecule has 6 heteroatoms. The maximum absolute atomic E-state index is 12.7. The van der Waals surface area contributed by atoms with E-state index in [-0.39, 0.29) is 11.1 Å². The average Bonchev–Trinajstić information content (AvgIpc) is 2.80. The van der Waals surface area contributed by atoms with E-state index >= 15 is 0 Å². The summed E-state index contributed by atoms with van der Waals surface area (Å²) in [5.41, 5.74) is -0.000295. The highest BCUT2D eigenvalue weighted by Crippen LogP contribution is 2.40. The van der Waals surface area contributed by atoms with Crippen LogP contribution >= 0.6 is 0 Å². The molecule has 0 N–H and O–H groups in total. The van der Waals surface area contributed by atoms with Gasteiger partial charge in [0.1, 0.15) is 0 Å². The second-order valence-corrected chi connectivity index (χ2v) is 6.59. The van der Waals surface area contributed by atoms with Gasteiger partial charge in [-0.3, -0.25) is 9.59 Å². The number of benzene rings is 1. The summed E-state index contributed by atoms with van der Waals surface area (Å²) in [5, 5.41) is 0.634. The van der Waals surface area contributed by atoms with E-state index in [1.807, 2.05) is 0 Å². The monoisotopic (exact) mass is 314 g/mol. The van der Waals surface area contributed by atoms with Gasteiger partial charge in [-0.15, -0.1) is 0 Å². The maximum atomic E-state index is 12.7. The van der Waals surface area contributed by atoms with Gasteiger partial charge >= 0.3 is 5.97 Å². The molecule has 2 bridgehead atoms. The molecule has 23 heavy (non-hydrogen) atoms. The van der Waals surface area contributed by atoms with Crippen LogP contribution in [0.1, 0.15) is 46.4 Å². The first kappa shape index (κ1) is 14.4. The quantitative estimate of drug-likeness (QED) is 0.776. The van der Waals surface area contributed by atoms with Gasteiger partial charge in [-0.2, -0.15) is 0 Å². The van der Waals surface area contributed by atoms with Crippen molar-refractivity contribution in [3.8, 4) is 0 Å². The van der Waals surface area contributed by atoms with Gasteiger partial charge in [0.25, 0.3) is 11.8 Å². The Labute approximate surface area is 134 Å². The van der Waals surface area contributed by atoms with Gasteiger partial charge in [-0.25, -0.2) is 4.79 Å². The van der Waals surface area contributed by atoms with Gasteiger partial charge in [0.05, 0.1) is 16.5 Å². The number of piperidine rings is 2. The summed E-state index contributed by atoms with van der Waals surface area (Å²) < 4.78 is 0. The molecule has 3 aliphatic rings. The Morgan fingerprint density at radius 2 is 1.57 bits per heavy atom. The Kier molecular flexibility index (Phi) is 3.23. The Balaban J connectivity index is 1.56. The lowest BCUT2D eigenvalue weighted by Gasteiger charge is -2.45. The zero-order valence-corrected chi connectivity index (χ0v) is 12.8. The molecule has 1 aromatic carbocycles. The van der Waals surface area contributed by atoms with Gasteiger partial charge in [-0.05, 0) is 50.9 Å². The van der Waals surface area contributed by atoms with E-state index < -0.39 is 23.2 Å². The fourth-order valence-electron chi connectivity index (χ4n) is 3.96. The van der Waals surface area contributed by atoms with Crippen LogP contribution in [0.25, 0.3) is 0 Å². The average molecular weight is 314 g/mol. The fraction of sp³-hybridized carbons (Fsp3) is 0.471. The Morgan fingerprint density at radius 3 is 2.13 bits per heavy atom. The number of amides is 2. The summed E-state index contributed by atoms with van der Waals surface area (Å²) in [6, 6.07) is 6.53. The molecule has 2 saturated heterocycles. The second kappa shape index (κ2) is 5.16. The lowest BCUT2D eigenvalue weighted by Crippen LogP contribution is -2.53. The zero-order valence-electron chi connectivity index (χ0n) is 12.8. The summed E-state index contributed by atoms with van der Waals surface area (Å²) in [6.07, 6.45) is 3.39. The van der Waals surface area contributed by atoms with E-state index in [9.17, 15) is 14.4 Å². The molecule has 6 nitrogen and oxygen atoms in total. The number of rotatable bonds is 2. The molecular formula is C17H18N2O4. The Hall–Kier alpha value is -2.21. The highest BCUT2D eigenvalue weighted by Gasteiger charge is 2.48. The minimum absolute atomic E-state index is 0.289. The lowest BCUT2D eigenvalue weighted by molar-refractivity contribution is -0.187. The molecule has 0 radical (unpaired) electrons. The van der Waals surface area contributed by atoms with E-state index in [2.05, 4.69) is 4.90 Å². The molecule has 2 amide bonds. The first-order valence-corrected chi connectivity index (χ1v) is 8.03.